The monoisotopic (exact) mass is 478 g/mol. The number of hydrogen-bond acceptors (Lipinski definition) is 4. The summed E-state index contributed by atoms with van der Waals surface area (Å²) in [7, 11) is 1.67. The molecule has 0 amide bonds. The Morgan fingerprint density at radius 2 is 1.71 bits per heavy atom. The molecule has 1 aliphatic rings. The highest BCUT2D eigenvalue weighted by Crippen LogP contribution is 2.36. The predicted molar refractivity (Wildman–Crippen MR) is 142 cm³/mol. The first kappa shape index (κ1) is 28.5. The third-order valence-corrected chi connectivity index (χ3v) is 7.02. The molecule has 0 spiro atoms. The van der Waals surface area contributed by atoms with Gasteiger partial charge in [0.25, 0.3) is 0 Å². The van der Waals surface area contributed by atoms with E-state index in [-0.39, 0.29) is 35.6 Å². The zero-order valence-electron chi connectivity index (χ0n) is 22.4. The number of ether oxygens (including phenoxy) is 1. The number of carbonyl (C=O) groups is 3. The Morgan fingerprint density at radius 1 is 1.03 bits per heavy atom. The lowest BCUT2D eigenvalue weighted by Gasteiger charge is -2.31. The fourth-order valence-electron chi connectivity index (χ4n) is 5.37. The molecule has 0 fully saturated rings. The molecule has 2 aromatic carbocycles. The van der Waals surface area contributed by atoms with Gasteiger partial charge in [0.1, 0.15) is 17.3 Å². The fourth-order valence-corrected chi connectivity index (χ4v) is 5.37. The van der Waals surface area contributed by atoms with Crippen molar-refractivity contribution in [3.05, 3.63) is 64.7 Å². The van der Waals surface area contributed by atoms with Gasteiger partial charge >= 0.3 is 0 Å². The van der Waals surface area contributed by atoms with Gasteiger partial charge in [0.15, 0.2) is 5.78 Å². The molecule has 4 nitrogen and oxygen atoms in total. The SMILES string of the molecule is CCCC(CC1CC(=O)c2c(C)cccc2C1)C(CC)C(=O)CC(C)=O.COc1ccc(C)cc1. The van der Waals surface area contributed by atoms with Crippen molar-refractivity contribution >= 4 is 17.3 Å². The van der Waals surface area contributed by atoms with Crippen molar-refractivity contribution in [1.29, 1.82) is 0 Å². The van der Waals surface area contributed by atoms with Crippen LogP contribution in [0.5, 0.6) is 5.75 Å². The molecule has 0 N–H and O–H groups in total. The second kappa shape index (κ2) is 14.0. The van der Waals surface area contributed by atoms with Gasteiger partial charge in [-0.2, -0.15) is 0 Å². The number of aryl methyl sites for hydroxylation is 2. The number of hydrogen-bond donors (Lipinski definition) is 0. The van der Waals surface area contributed by atoms with Crippen LogP contribution in [0, 0.1) is 31.6 Å². The molecule has 0 heterocycles. The van der Waals surface area contributed by atoms with Crippen molar-refractivity contribution in [1.82, 2.24) is 0 Å². The van der Waals surface area contributed by atoms with Gasteiger partial charge in [0.2, 0.25) is 0 Å². The minimum Gasteiger partial charge on any atom is -0.497 e. The van der Waals surface area contributed by atoms with E-state index in [1.165, 1.54) is 12.5 Å². The summed E-state index contributed by atoms with van der Waals surface area (Å²) in [5, 5.41) is 0. The molecule has 35 heavy (non-hydrogen) atoms. The Bertz CT molecular complexity index is 990. The molecule has 190 valence electrons. The molecule has 3 unspecified atom stereocenters. The predicted octanol–water partition coefficient (Wildman–Crippen LogP) is 7.12. The Morgan fingerprint density at radius 3 is 2.29 bits per heavy atom. The molecule has 2 aromatic rings. The number of rotatable bonds is 10. The van der Waals surface area contributed by atoms with E-state index in [2.05, 4.69) is 19.9 Å². The molecule has 0 bridgehead atoms. The first-order valence-electron chi connectivity index (χ1n) is 12.9. The van der Waals surface area contributed by atoms with E-state index in [9.17, 15) is 14.4 Å². The molecular formula is C31H42O4. The molecule has 3 atom stereocenters. The lowest BCUT2D eigenvalue weighted by molar-refractivity contribution is -0.129. The summed E-state index contributed by atoms with van der Waals surface area (Å²) in [4.78, 5) is 36.6. The highest BCUT2D eigenvalue weighted by atomic mass is 16.5. The van der Waals surface area contributed by atoms with Crippen LogP contribution in [0.2, 0.25) is 0 Å². The molecule has 0 saturated carbocycles. The van der Waals surface area contributed by atoms with Crippen molar-refractivity contribution in [3.63, 3.8) is 0 Å². The lowest BCUT2D eigenvalue weighted by Crippen LogP contribution is -2.29. The van der Waals surface area contributed by atoms with Crippen molar-refractivity contribution in [2.24, 2.45) is 17.8 Å². The van der Waals surface area contributed by atoms with Crippen LogP contribution in [0.3, 0.4) is 0 Å². The van der Waals surface area contributed by atoms with Gasteiger partial charge in [-0.25, -0.2) is 0 Å². The maximum Gasteiger partial charge on any atom is 0.163 e. The van der Waals surface area contributed by atoms with Crippen LogP contribution in [0.4, 0.5) is 0 Å². The van der Waals surface area contributed by atoms with Crippen LogP contribution in [0.1, 0.15) is 86.3 Å². The summed E-state index contributed by atoms with van der Waals surface area (Å²) in [5.41, 5.74) is 4.40. The Hall–Kier alpha value is -2.75. The van der Waals surface area contributed by atoms with Gasteiger partial charge in [-0.1, -0.05) is 62.6 Å². The number of fused-ring (bicyclic) bond motifs is 1. The summed E-state index contributed by atoms with van der Waals surface area (Å²) in [6, 6.07) is 14.1. The average Bonchev–Trinajstić information content (AvgIpc) is 2.80. The van der Waals surface area contributed by atoms with Crippen molar-refractivity contribution in [3.8, 4) is 5.75 Å². The maximum absolute atomic E-state index is 12.7. The molecule has 0 aromatic heterocycles. The van der Waals surface area contributed by atoms with Gasteiger partial charge in [-0.3, -0.25) is 14.4 Å². The van der Waals surface area contributed by atoms with Gasteiger partial charge in [-0.05, 0) is 75.1 Å². The minimum absolute atomic E-state index is 0.0460. The Balaban J connectivity index is 0.000000402. The third-order valence-electron chi connectivity index (χ3n) is 7.02. The van der Waals surface area contributed by atoms with E-state index >= 15 is 0 Å². The zero-order chi connectivity index (χ0) is 26.0. The normalized spacial score (nSPS) is 16.4. The first-order chi connectivity index (χ1) is 16.7. The Kier molecular flexibility index (Phi) is 11.4. The zero-order valence-corrected chi connectivity index (χ0v) is 22.4. The van der Waals surface area contributed by atoms with Gasteiger partial charge in [0.05, 0.1) is 13.5 Å². The molecule has 4 heteroatoms. The van der Waals surface area contributed by atoms with Crippen LogP contribution >= 0.6 is 0 Å². The molecule has 0 radical (unpaired) electrons. The van der Waals surface area contributed by atoms with E-state index in [0.717, 1.165) is 54.5 Å². The van der Waals surface area contributed by atoms with Crippen LogP contribution in [-0.2, 0) is 16.0 Å². The van der Waals surface area contributed by atoms with Crippen LogP contribution in [-0.4, -0.2) is 24.5 Å². The molecule has 1 aliphatic carbocycles. The summed E-state index contributed by atoms with van der Waals surface area (Å²) < 4.78 is 4.97. The molecule has 3 rings (SSSR count). The smallest absolute Gasteiger partial charge is 0.163 e. The molecule has 0 saturated heterocycles. The van der Waals surface area contributed by atoms with Crippen molar-refractivity contribution in [2.45, 2.75) is 79.6 Å². The highest BCUT2D eigenvalue weighted by Gasteiger charge is 2.32. The van der Waals surface area contributed by atoms with Crippen LogP contribution < -0.4 is 4.74 Å². The van der Waals surface area contributed by atoms with Crippen molar-refractivity contribution < 1.29 is 19.1 Å². The highest BCUT2D eigenvalue weighted by molar-refractivity contribution is 6.00. The van der Waals surface area contributed by atoms with Gasteiger partial charge < -0.3 is 4.74 Å². The van der Waals surface area contributed by atoms with Crippen LogP contribution in [0.15, 0.2) is 42.5 Å². The van der Waals surface area contributed by atoms with E-state index in [0.29, 0.717) is 12.3 Å². The minimum atomic E-state index is -0.0622. The average molecular weight is 479 g/mol. The second-order valence-corrected chi connectivity index (χ2v) is 9.97. The van der Waals surface area contributed by atoms with E-state index in [1.807, 2.05) is 50.2 Å². The number of methoxy groups -OCH3 is 1. The standard InChI is InChI=1S/C23H32O3.C8H10O/c1-5-8-18(20(6-2)21(25)11-16(4)24)12-17-13-19-10-7-9-15(3)23(19)22(26)14-17;1-7-3-5-8(9-2)6-4-7/h7,9-10,17-18,20H,5-6,8,11-14H2,1-4H3;3-6H,1-2H3. The molecular weight excluding hydrogens is 436 g/mol. The van der Waals surface area contributed by atoms with Gasteiger partial charge in [0, 0.05) is 17.9 Å². The van der Waals surface area contributed by atoms with Crippen molar-refractivity contribution in [2.75, 3.05) is 7.11 Å². The number of Topliss-reactive ketones (excluding diaryl/α,β-unsaturated/α-hetero) is 3. The lowest BCUT2D eigenvalue weighted by atomic mass is 9.72. The van der Waals surface area contributed by atoms with E-state index in [1.54, 1.807) is 7.11 Å². The second-order valence-electron chi connectivity index (χ2n) is 9.97. The Labute approximate surface area is 211 Å². The topological polar surface area (TPSA) is 60.4 Å². The van der Waals surface area contributed by atoms with Crippen LogP contribution in [0.25, 0.3) is 0 Å². The number of carbonyl (C=O) groups excluding carboxylic acids is 3. The quantitative estimate of drug-likeness (QED) is 0.341. The largest absolute Gasteiger partial charge is 0.497 e. The fraction of sp³-hybridized carbons (Fsp3) is 0.516. The van der Waals surface area contributed by atoms with Gasteiger partial charge in [-0.15, -0.1) is 0 Å². The van der Waals surface area contributed by atoms with E-state index < -0.39 is 0 Å². The summed E-state index contributed by atoms with van der Waals surface area (Å²) in [6.07, 6.45) is 5.21. The third kappa shape index (κ3) is 8.45. The summed E-state index contributed by atoms with van der Waals surface area (Å²) in [5.74, 6) is 1.69. The molecule has 0 aliphatic heterocycles. The van der Waals surface area contributed by atoms with E-state index in [4.69, 9.17) is 4.74 Å². The maximum atomic E-state index is 12.7. The summed E-state index contributed by atoms with van der Waals surface area (Å²) in [6.45, 7) is 9.72. The summed E-state index contributed by atoms with van der Waals surface area (Å²) >= 11 is 0. The first-order valence-corrected chi connectivity index (χ1v) is 12.9. The number of ketones is 3. The number of benzene rings is 2.